The summed E-state index contributed by atoms with van der Waals surface area (Å²) in [5, 5.41) is 102. The van der Waals surface area contributed by atoms with E-state index in [4.69, 9.17) is 37.9 Å². The summed E-state index contributed by atoms with van der Waals surface area (Å²) in [4.78, 5) is 22.6. The van der Waals surface area contributed by atoms with Crippen molar-refractivity contribution in [1.29, 1.82) is 0 Å². The van der Waals surface area contributed by atoms with E-state index in [9.17, 15) is 55.5 Å². The molecular weight excluding hydrogens is 676 g/mol. The normalized spacial score (nSPS) is 29.7. The molecule has 2 aliphatic rings. The average Bonchev–Trinajstić information content (AvgIpc) is 3.08. The van der Waals surface area contributed by atoms with Gasteiger partial charge in [-0.1, -0.05) is 0 Å². The van der Waals surface area contributed by atoms with Gasteiger partial charge in [0.2, 0.25) is 18.3 Å². The number of fused-ring (bicyclic) bond motifs is 1. The molecule has 0 saturated carbocycles. The minimum atomic E-state index is -1.93. The van der Waals surface area contributed by atoms with Crippen LogP contribution in [0, 0.1) is 0 Å². The highest BCUT2D eigenvalue weighted by atomic mass is 16.7. The zero-order valence-electron chi connectivity index (χ0n) is 26.0. The first-order chi connectivity index (χ1) is 23.7. The molecule has 50 heavy (non-hydrogen) atoms. The number of carboxylic acid groups (broad SMARTS) is 1. The van der Waals surface area contributed by atoms with Crippen molar-refractivity contribution in [1.82, 2.24) is 0 Å². The first-order valence-corrected chi connectivity index (χ1v) is 14.9. The molecule has 3 aromatic rings. The first-order valence-electron chi connectivity index (χ1n) is 14.9. The number of hydrogen-bond acceptors (Lipinski definition) is 17. The molecule has 0 bridgehead atoms. The molecule has 2 saturated heterocycles. The molecule has 2 aromatic carbocycles. The number of aliphatic carboxylic acids is 1. The van der Waals surface area contributed by atoms with Crippen molar-refractivity contribution in [2.45, 2.75) is 67.8 Å². The summed E-state index contributed by atoms with van der Waals surface area (Å²) in [5.41, 5.74) is 0.115. The quantitative estimate of drug-likeness (QED) is 0.0595. The van der Waals surface area contributed by atoms with Crippen LogP contribution in [0.2, 0.25) is 0 Å². The Morgan fingerprint density at radius 1 is 0.780 bits per heavy atom. The fourth-order valence-corrected chi connectivity index (χ4v) is 5.29. The smallest absolute Gasteiger partial charge is 0.402 e. The van der Waals surface area contributed by atoms with E-state index < -0.39 is 98.7 Å². The van der Waals surface area contributed by atoms with E-state index in [0.717, 1.165) is 6.07 Å². The van der Waals surface area contributed by atoms with Crippen molar-refractivity contribution in [2.24, 2.45) is 0 Å². The van der Waals surface area contributed by atoms with E-state index in [2.05, 4.69) is 0 Å². The molecule has 2 fully saturated rings. The lowest BCUT2D eigenvalue weighted by molar-refractivity contribution is -0.278. The van der Waals surface area contributed by atoms with Crippen molar-refractivity contribution in [3.8, 4) is 40.1 Å². The van der Waals surface area contributed by atoms with Crippen LogP contribution in [0.3, 0.4) is 0 Å². The maximum atomic E-state index is 11.8. The maximum absolute atomic E-state index is 11.8. The molecule has 19 nitrogen and oxygen atoms in total. The summed E-state index contributed by atoms with van der Waals surface area (Å²) in [5.74, 6) is -3.93. The van der Waals surface area contributed by atoms with Gasteiger partial charge in [0.1, 0.15) is 78.7 Å². The summed E-state index contributed by atoms with van der Waals surface area (Å²) in [7, 11) is 1.29. The Morgan fingerprint density at radius 3 is 2.02 bits per heavy atom. The lowest BCUT2D eigenvalue weighted by atomic mass is 9.99. The third kappa shape index (κ3) is 7.60. The molecule has 0 radical (unpaired) electrons. The van der Waals surface area contributed by atoms with Gasteiger partial charge >= 0.3 is 23.3 Å². The number of aliphatic hydroxyl groups is 7. The topological polar surface area (TPSA) is 303 Å². The molecule has 5 rings (SSSR count). The zero-order chi connectivity index (χ0) is 36.4. The van der Waals surface area contributed by atoms with Gasteiger partial charge in [0.15, 0.2) is 11.5 Å². The van der Waals surface area contributed by atoms with Crippen LogP contribution in [0.5, 0.6) is 28.7 Å². The lowest BCUT2D eigenvalue weighted by Crippen LogP contribution is -2.60. The Balaban J connectivity index is 1.56. The summed E-state index contributed by atoms with van der Waals surface area (Å²) >= 11 is 0. The van der Waals surface area contributed by atoms with Gasteiger partial charge in [-0.25, -0.2) is 4.42 Å². The minimum Gasteiger partial charge on any atom is -0.507 e. The zero-order valence-corrected chi connectivity index (χ0v) is 26.0. The largest absolute Gasteiger partial charge is 0.507 e. The second-order valence-corrected chi connectivity index (χ2v) is 11.4. The van der Waals surface area contributed by atoms with Crippen LogP contribution >= 0.6 is 0 Å². The van der Waals surface area contributed by atoms with Gasteiger partial charge in [-0.15, -0.1) is 0 Å². The highest BCUT2D eigenvalue weighted by molar-refractivity contribution is 5.90. The number of carbonyl (C=O) groups is 2. The van der Waals surface area contributed by atoms with Gasteiger partial charge in [-0.3, -0.25) is 9.59 Å². The van der Waals surface area contributed by atoms with Gasteiger partial charge in [0.05, 0.1) is 25.3 Å². The number of carbonyl (C=O) groups excluding carboxylic acids is 1. The van der Waals surface area contributed by atoms with Gasteiger partial charge < -0.3 is 79.5 Å². The van der Waals surface area contributed by atoms with E-state index in [-0.39, 0.29) is 45.3 Å². The fourth-order valence-electron chi connectivity index (χ4n) is 5.29. The molecule has 0 amide bonds. The van der Waals surface area contributed by atoms with Gasteiger partial charge in [0.25, 0.3) is 0 Å². The SMILES string of the molecule is COc1cc(-c2[o+]c3cc(O)cc(O[C@@H]4OC(CO)[C@@H](O)[C@H](O)C4O)c3cc2O[C@@H]2OC(COC(=O)CC(=O)O)[C@@H](O)C(O)C2O)ccc1O. The van der Waals surface area contributed by atoms with Crippen molar-refractivity contribution < 1.29 is 93.5 Å². The number of carboxylic acids is 1. The van der Waals surface area contributed by atoms with Crippen molar-refractivity contribution in [2.75, 3.05) is 20.3 Å². The van der Waals surface area contributed by atoms with Crippen LogP contribution in [0.1, 0.15) is 6.42 Å². The van der Waals surface area contributed by atoms with Gasteiger partial charge in [-0.05, 0) is 12.1 Å². The summed E-state index contributed by atoms with van der Waals surface area (Å²) < 4.78 is 38.9. The molecule has 19 heteroatoms. The van der Waals surface area contributed by atoms with Crippen LogP contribution in [-0.2, 0) is 23.8 Å². The molecule has 3 heterocycles. The number of rotatable bonds is 11. The van der Waals surface area contributed by atoms with Crippen LogP contribution < -0.4 is 14.2 Å². The Hall–Kier alpha value is -4.57. The molecule has 10 atom stereocenters. The number of aliphatic hydroxyl groups excluding tert-OH is 7. The standard InChI is InChI=1S/C31H34O19/c1-44-17-4-11(2-3-14(17)34)29-18(48-31-28(43)26(41)24(39)20(50-31)10-45-22(37)8-21(35)36)7-13-15(46-29)5-12(33)6-16(13)47-30-27(42)25(40)23(38)19(9-32)49-30/h2-7,19-20,23-28,30-32,38-43H,8-10H2,1H3,(H2-,33,34,35,36)/p+1/t19?,20?,23-,24-,25+,26?,27?,28?,30-,31-/m1/s1. The summed E-state index contributed by atoms with van der Waals surface area (Å²) in [6.07, 6.45) is -18.3. The van der Waals surface area contributed by atoms with Crippen LogP contribution in [0.25, 0.3) is 22.3 Å². The molecular formula is C31H35O19+. The van der Waals surface area contributed by atoms with Crippen LogP contribution in [0.15, 0.2) is 40.8 Å². The van der Waals surface area contributed by atoms with Gasteiger partial charge in [-0.2, -0.15) is 0 Å². The van der Waals surface area contributed by atoms with E-state index >= 15 is 0 Å². The number of benzene rings is 2. The predicted molar refractivity (Wildman–Crippen MR) is 161 cm³/mol. The van der Waals surface area contributed by atoms with Crippen LogP contribution in [0.4, 0.5) is 0 Å². The Kier molecular flexibility index (Phi) is 11.1. The number of methoxy groups -OCH3 is 1. The highest BCUT2D eigenvalue weighted by Gasteiger charge is 2.47. The third-order valence-corrected chi connectivity index (χ3v) is 7.95. The number of ether oxygens (including phenoxy) is 6. The third-order valence-electron chi connectivity index (χ3n) is 7.95. The van der Waals surface area contributed by atoms with Crippen molar-refractivity contribution in [3.63, 3.8) is 0 Å². The average molecular weight is 712 g/mol. The number of phenolic OH excluding ortho intramolecular Hbond substituents is 2. The fraction of sp³-hybridized carbons (Fsp3) is 0.452. The summed E-state index contributed by atoms with van der Waals surface area (Å²) in [6, 6.07) is 7.53. The molecule has 0 spiro atoms. The molecule has 10 N–H and O–H groups in total. The monoisotopic (exact) mass is 711 g/mol. The Morgan fingerprint density at radius 2 is 1.40 bits per heavy atom. The Bertz CT molecular complexity index is 1700. The van der Waals surface area contributed by atoms with Crippen molar-refractivity contribution >= 4 is 22.9 Å². The second kappa shape index (κ2) is 15.1. The lowest BCUT2D eigenvalue weighted by Gasteiger charge is -2.39. The molecule has 5 unspecified atom stereocenters. The van der Waals surface area contributed by atoms with E-state index in [1.807, 2.05) is 0 Å². The maximum Gasteiger partial charge on any atom is 0.402 e. The number of hydrogen-bond donors (Lipinski definition) is 10. The van der Waals surface area contributed by atoms with E-state index in [0.29, 0.717) is 0 Å². The van der Waals surface area contributed by atoms with E-state index in [1.54, 1.807) is 0 Å². The highest BCUT2D eigenvalue weighted by Crippen LogP contribution is 2.43. The van der Waals surface area contributed by atoms with Gasteiger partial charge in [0, 0.05) is 18.2 Å². The Labute approximate surface area is 281 Å². The second-order valence-electron chi connectivity index (χ2n) is 11.4. The van der Waals surface area contributed by atoms with Crippen LogP contribution in [-0.4, -0.2) is 145 Å². The molecule has 1 aromatic heterocycles. The number of phenols is 2. The number of aromatic hydroxyl groups is 2. The van der Waals surface area contributed by atoms with Crippen molar-refractivity contribution in [3.05, 3.63) is 36.4 Å². The summed E-state index contributed by atoms with van der Waals surface area (Å²) in [6.45, 7) is -1.49. The van der Waals surface area contributed by atoms with E-state index in [1.165, 1.54) is 37.4 Å². The first kappa shape index (κ1) is 36.7. The minimum absolute atomic E-state index is 0.00188. The molecule has 2 aliphatic heterocycles. The molecule has 272 valence electrons. The predicted octanol–water partition coefficient (Wildman–Crippen LogP) is -1.82. The number of esters is 1. The molecule has 0 aliphatic carbocycles.